The fraction of sp³-hybridized carbons (Fsp3) is 0.267. The van der Waals surface area contributed by atoms with Crippen LogP contribution in [0.3, 0.4) is 0 Å². The summed E-state index contributed by atoms with van der Waals surface area (Å²) in [6.45, 7) is 4.91. The Balaban J connectivity index is 1.44. The Morgan fingerprint density at radius 2 is 1.81 bits per heavy atom. The van der Waals surface area contributed by atoms with Crippen LogP contribution in [0.4, 0.5) is 11.4 Å². The molecule has 3 aromatic carbocycles. The molecule has 0 bridgehead atoms. The van der Waals surface area contributed by atoms with E-state index in [0.717, 1.165) is 36.5 Å². The van der Waals surface area contributed by atoms with Crippen molar-refractivity contribution in [2.45, 2.75) is 37.9 Å². The smallest absolute Gasteiger partial charge is 0.267 e. The molecule has 0 spiro atoms. The van der Waals surface area contributed by atoms with Gasteiger partial charge in [0.2, 0.25) is 18.1 Å². The van der Waals surface area contributed by atoms with E-state index < -0.39 is 10.1 Å². The van der Waals surface area contributed by atoms with Gasteiger partial charge in [-0.3, -0.25) is 14.7 Å². The summed E-state index contributed by atoms with van der Waals surface area (Å²) in [5, 5.41) is 6.00. The summed E-state index contributed by atoms with van der Waals surface area (Å²) < 4.78 is 35.1. The molecular weight excluding hydrogens is 647 g/mol. The minimum atomic E-state index is -4.09. The number of carbonyl (C=O) groups is 1. The lowest BCUT2D eigenvalue weighted by Gasteiger charge is -2.28. The van der Waals surface area contributed by atoms with Crippen LogP contribution in [0.2, 0.25) is 10.0 Å². The molecule has 0 atom stereocenters. The number of hydrogen-bond donors (Lipinski definition) is 2. The van der Waals surface area contributed by atoms with Crippen molar-refractivity contribution < 1.29 is 22.3 Å². The van der Waals surface area contributed by atoms with Crippen molar-refractivity contribution in [1.29, 1.82) is 0 Å². The maximum Gasteiger partial charge on any atom is 0.267 e. The number of halogens is 2. The summed E-state index contributed by atoms with van der Waals surface area (Å²) in [4.78, 5) is 18.3. The number of carbonyl (C=O) groups excluding carboxylic acids is 1. The van der Waals surface area contributed by atoms with Crippen LogP contribution in [-0.4, -0.2) is 43.8 Å². The first-order chi connectivity index (χ1) is 20.5. The number of benzene rings is 3. The number of nitrogens with one attached hydrogen (secondary N) is 1. The van der Waals surface area contributed by atoms with Gasteiger partial charge in [-0.25, -0.2) is 0 Å². The number of anilines is 2. The molecule has 1 aliphatic heterocycles. The number of para-hydroxylation sites is 1. The standard InChI is InChI=1S/C30H30Cl2N4O4S3/c1-20(2)35(23-7-4-3-5-8-23)18-28(37)33-19-36-25-16-22(32)10-12-27(25)42-30(36)17-29-34(13-6-14-43(38,39)40)24-15-21(31)9-11-26(24)41-29/h3-5,7-12,15-17,20H,6,13-14,18-19H2,1-2H3,(H-,33,37,38,39,40)/p+1. The maximum absolute atomic E-state index is 13.2. The highest BCUT2D eigenvalue weighted by Gasteiger charge is 2.29. The Morgan fingerprint density at radius 3 is 2.53 bits per heavy atom. The molecule has 5 rings (SSSR count). The highest BCUT2D eigenvalue weighted by molar-refractivity contribution is 8.03. The molecule has 1 aliphatic rings. The van der Waals surface area contributed by atoms with Gasteiger partial charge in [-0.05, 0) is 62.7 Å². The molecule has 0 fully saturated rings. The van der Waals surface area contributed by atoms with Crippen molar-refractivity contribution in [3.63, 3.8) is 0 Å². The number of thioether (sulfide) groups is 1. The number of fused-ring (bicyclic) bond motifs is 2. The van der Waals surface area contributed by atoms with E-state index in [1.807, 2.05) is 87.2 Å². The average Bonchev–Trinajstić information content (AvgIpc) is 3.46. The van der Waals surface area contributed by atoms with Crippen molar-refractivity contribution in [3.05, 3.63) is 86.8 Å². The fourth-order valence-corrected chi connectivity index (χ4v) is 7.92. The first-order valence-electron chi connectivity index (χ1n) is 13.6. The van der Waals surface area contributed by atoms with Gasteiger partial charge < -0.3 is 9.80 Å². The van der Waals surface area contributed by atoms with Crippen molar-refractivity contribution in [2.24, 2.45) is 0 Å². The average molecular weight is 679 g/mol. The third-order valence-corrected chi connectivity index (χ3v) is 10.4. The van der Waals surface area contributed by atoms with Crippen LogP contribution in [0.5, 0.6) is 0 Å². The van der Waals surface area contributed by atoms with Crippen molar-refractivity contribution in [1.82, 2.24) is 5.32 Å². The Labute approximate surface area is 269 Å². The van der Waals surface area contributed by atoms with Crippen LogP contribution < -0.4 is 19.7 Å². The second kappa shape index (κ2) is 13.5. The molecule has 8 nitrogen and oxygen atoms in total. The number of aromatic nitrogens is 1. The van der Waals surface area contributed by atoms with E-state index in [1.165, 1.54) is 0 Å². The molecular formula is C30H31Cl2N4O4S3+. The number of amides is 1. The summed E-state index contributed by atoms with van der Waals surface area (Å²) in [6.07, 6.45) is 2.26. The maximum atomic E-state index is 13.2. The number of nitrogens with zero attached hydrogens (tertiary/aromatic N) is 3. The van der Waals surface area contributed by atoms with Gasteiger partial charge in [0, 0.05) is 39.3 Å². The predicted molar refractivity (Wildman–Crippen MR) is 178 cm³/mol. The number of rotatable bonds is 11. The first-order valence-corrected chi connectivity index (χ1v) is 17.6. The van der Waals surface area contributed by atoms with E-state index in [0.29, 0.717) is 16.6 Å². The van der Waals surface area contributed by atoms with Crippen molar-refractivity contribution in [3.8, 4) is 0 Å². The van der Waals surface area contributed by atoms with Gasteiger partial charge in [0.25, 0.3) is 15.1 Å². The summed E-state index contributed by atoms with van der Waals surface area (Å²) >= 11 is 15.8. The molecule has 13 heteroatoms. The van der Waals surface area contributed by atoms with Gasteiger partial charge in [0.05, 0.1) is 29.1 Å². The second-order valence-electron chi connectivity index (χ2n) is 10.3. The number of hydrogen-bond acceptors (Lipinski definition) is 7. The van der Waals surface area contributed by atoms with E-state index in [4.69, 9.17) is 23.2 Å². The Kier molecular flexibility index (Phi) is 9.89. The van der Waals surface area contributed by atoms with E-state index in [1.54, 1.807) is 23.1 Å². The van der Waals surface area contributed by atoms with Gasteiger partial charge in [0.15, 0.2) is 0 Å². The van der Waals surface area contributed by atoms with Crippen molar-refractivity contribution >= 4 is 90.0 Å². The molecule has 43 heavy (non-hydrogen) atoms. The topological polar surface area (TPSA) is 93.8 Å². The Bertz CT molecular complexity index is 1780. The second-order valence-corrected chi connectivity index (χ2v) is 14.9. The largest absolute Gasteiger partial charge is 0.360 e. The van der Waals surface area contributed by atoms with Crippen LogP contribution in [0.15, 0.2) is 76.7 Å². The highest BCUT2D eigenvalue weighted by atomic mass is 35.5. The van der Waals surface area contributed by atoms with E-state index in [-0.39, 0.29) is 37.3 Å². The first kappa shape index (κ1) is 31.6. The van der Waals surface area contributed by atoms with Crippen LogP contribution >= 0.6 is 46.3 Å². The SMILES string of the molecule is CC(C)N(CC(=O)NC[n+]1c(/C=C2\Sc3ccc(Cl)cc3N2CCCS(=O)(=O)O)sc2ccc(Cl)cc21)c1ccccc1. The van der Waals surface area contributed by atoms with Crippen LogP contribution in [0.1, 0.15) is 25.3 Å². The van der Waals surface area contributed by atoms with Crippen LogP contribution in [0, 0.1) is 0 Å². The summed E-state index contributed by atoms with van der Waals surface area (Å²) in [5.41, 5.74) is 2.73. The molecule has 2 heterocycles. The monoisotopic (exact) mass is 677 g/mol. The molecule has 0 unspecified atom stereocenters. The Hall–Kier alpha value is -2.80. The predicted octanol–water partition coefficient (Wildman–Crippen LogP) is 6.67. The normalized spacial score (nSPS) is 14.1. The fourth-order valence-electron chi connectivity index (χ4n) is 4.84. The van der Waals surface area contributed by atoms with Crippen LogP contribution in [-0.2, 0) is 21.6 Å². The van der Waals surface area contributed by atoms with E-state index in [2.05, 4.69) is 19.2 Å². The zero-order valence-electron chi connectivity index (χ0n) is 23.5. The molecule has 1 amide bonds. The summed E-state index contributed by atoms with van der Waals surface area (Å²) in [5.74, 6) is -0.463. The van der Waals surface area contributed by atoms with Gasteiger partial charge in [-0.2, -0.15) is 13.0 Å². The summed E-state index contributed by atoms with van der Waals surface area (Å²) in [6, 6.07) is 21.3. The minimum absolute atomic E-state index is 0.117. The zero-order chi connectivity index (χ0) is 30.7. The molecule has 4 aromatic rings. The third kappa shape index (κ3) is 7.84. The van der Waals surface area contributed by atoms with Gasteiger partial charge in [-0.15, -0.1) is 0 Å². The molecule has 0 aliphatic carbocycles. The number of thiazole rings is 1. The van der Waals surface area contributed by atoms with E-state index in [9.17, 15) is 17.8 Å². The lowest BCUT2D eigenvalue weighted by atomic mass is 10.2. The molecule has 0 saturated heterocycles. The van der Waals surface area contributed by atoms with Crippen molar-refractivity contribution in [2.75, 3.05) is 28.6 Å². The van der Waals surface area contributed by atoms with Gasteiger partial charge >= 0.3 is 0 Å². The molecule has 2 N–H and O–H groups in total. The zero-order valence-corrected chi connectivity index (χ0v) is 27.5. The summed E-state index contributed by atoms with van der Waals surface area (Å²) in [7, 11) is -4.09. The lowest BCUT2D eigenvalue weighted by Crippen LogP contribution is -2.48. The van der Waals surface area contributed by atoms with E-state index >= 15 is 0 Å². The third-order valence-electron chi connectivity index (χ3n) is 6.88. The van der Waals surface area contributed by atoms with Gasteiger partial charge in [0.1, 0.15) is 4.70 Å². The Morgan fingerprint density at radius 1 is 1.09 bits per heavy atom. The minimum Gasteiger partial charge on any atom is -0.360 e. The highest BCUT2D eigenvalue weighted by Crippen LogP contribution is 2.48. The van der Waals surface area contributed by atoms with Gasteiger partial charge in [-0.1, -0.05) is 64.5 Å². The van der Waals surface area contributed by atoms with Crippen LogP contribution in [0.25, 0.3) is 16.3 Å². The molecule has 0 saturated carbocycles. The molecule has 0 radical (unpaired) electrons. The lowest BCUT2D eigenvalue weighted by molar-refractivity contribution is -0.672. The quantitative estimate of drug-likeness (QED) is 0.135. The molecule has 226 valence electrons. The molecule has 1 aromatic heterocycles.